The molecular formula is C18H19F6N3O3. The van der Waals surface area contributed by atoms with E-state index >= 15 is 0 Å². The first-order valence-electron chi connectivity index (χ1n) is 9.12. The fourth-order valence-electron chi connectivity index (χ4n) is 3.91. The zero-order valence-corrected chi connectivity index (χ0v) is 15.8. The largest absolute Gasteiger partial charge is 0.471 e. The van der Waals surface area contributed by atoms with Crippen LogP contribution in [0.3, 0.4) is 0 Å². The van der Waals surface area contributed by atoms with Gasteiger partial charge in [0.25, 0.3) is 0 Å². The standard InChI is InChI=1S/C18H19F6N3O3/c1-10-8-25(4-5-27(10)16(29)30)14-7-12(17(19,20)21)6-11-2-3-26(9-13(11)14)15(28)18(22,23)24/h6-7,10H,2-5,8-9H2,1H3,(H,29,30). The minimum absolute atomic E-state index is 0.0344. The molecule has 1 fully saturated rings. The number of amides is 2. The molecule has 1 aromatic rings. The molecule has 0 saturated carbocycles. The Bertz CT molecular complexity index is 855. The van der Waals surface area contributed by atoms with Crippen LogP contribution >= 0.6 is 0 Å². The average Bonchev–Trinajstić information content (AvgIpc) is 2.64. The smallest absolute Gasteiger partial charge is 0.465 e. The predicted octanol–water partition coefficient (Wildman–Crippen LogP) is 3.34. The van der Waals surface area contributed by atoms with Gasteiger partial charge in [-0.05, 0) is 36.6 Å². The molecule has 3 rings (SSSR count). The molecule has 0 bridgehead atoms. The summed E-state index contributed by atoms with van der Waals surface area (Å²) in [5.41, 5.74) is -0.390. The van der Waals surface area contributed by atoms with E-state index in [0.29, 0.717) is 4.90 Å². The van der Waals surface area contributed by atoms with Crippen molar-refractivity contribution in [3.05, 3.63) is 28.8 Å². The van der Waals surface area contributed by atoms with Crippen LogP contribution < -0.4 is 4.90 Å². The number of carbonyl (C=O) groups excluding carboxylic acids is 1. The van der Waals surface area contributed by atoms with Crippen LogP contribution in [0.15, 0.2) is 12.1 Å². The number of carbonyl (C=O) groups is 2. The molecule has 2 heterocycles. The van der Waals surface area contributed by atoms with E-state index in [9.17, 15) is 41.0 Å². The van der Waals surface area contributed by atoms with Gasteiger partial charge in [0.15, 0.2) is 0 Å². The molecule has 1 aromatic carbocycles. The summed E-state index contributed by atoms with van der Waals surface area (Å²) in [7, 11) is 0. The van der Waals surface area contributed by atoms with Crippen molar-refractivity contribution in [2.24, 2.45) is 0 Å². The third kappa shape index (κ3) is 4.26. The summed E-state index contributed by atoms with van der Waals surface area (Å²) in [6, 6.07) is 1.24. The van der Waals surface area contributed by atoms with Crippen molar-refractivity contribution in [3.8, 4) is 0 Å². The van der Waals surface area contributed by atoms with Gasteiger partial charge in [-0.1, -0.05) is 0 Å². The highest BCUT2D eigenvalue weighted by molar-refractivity contribution is 5.82. The van der Waals surface area contributed by atoms with E-state index in [1.807, 2.05) is 0 Å². The monoisotopic (exact) mass is 439 g/mol. The van der Waals surface area contributed by atoms with E-state index in [1.165, 1.54) is 0 Å². The number of piperazine rings is 1. The fraction of sp³-hybridized carbons (Fsp3) is 0.556. The Kier molecular flexibility index (Phi) is 5.54. The Morgan fingerprint density at radius 3 is 2.27 bits per heavy atom. The number of carboxylic acid groups (broad SMARTS) is 1. The maximum absolute atomic E-state index is 13.4. The highest BCUT2D eigenvalue weighted by atomic mass is 19.4. The summed E-state index contributed by atoms with van der Waals surface area (Å²) in [6.07, 6.45) is -11.0. The van der Waals surface area contributed by atoms with Crippen LogP contribution in [0.25, 0.3) is 0 Å². The molecule has 0 aliphatic carbocycles. The molecule has 1 saturated heterocycles. The van der Waals surface area contributed by atoms with Crippen molar-refractivity contribution in [1.82, 2.24) is 9.80 Å². The van der Waals surface area contributed by atoms with Gasteiger partial charge >= 0.3 is 24.4 Å². The number of anilines is 1. The SMILES string of the molecule is CC1CN(c2cc(C(F)(F)F)cc3c2CN(C(=O)C(F)(F)F)CC3)CCN1C(=O)O. The van der Waals surface area contributed by atoms with Crippen molar-refractivity contribution in [3.63, 3.8) is 0 Å². The lowest BCUT2D eigenvalue weighted by Gasteiger charge is -2.41. The quantitative estimate of drug-likeness (QED) is 0.682. The van der Waals surface area contributed by atoms with Crippen LogP contribution in [0.1, 0.15) is 23.6 Å². The second-order valence-electron chi connectivity index (χ2n) is 7.38. The minimum atomic E-state index is -5.08. The number of fused-ring (bicyclic) bond motifs is 1. The number of alkyl halides is 6. The van der Waals surface area contributed by atoms with E-state index in [0.717, 1.165) is 17.0 Å². The third-order valence-corrected chi connectivity index (χ3v) is 5.39. The van der Waals surface area contributed by atoms with Gasteiger partial charge in [0, 0.05) is 44.5 Å². The molecule has 1 N–H and O–H groups in total. The molecule has 2 amide bonds. The lowest BCUT2D eigenvalue weighted by molar-refractivity contribution is -0.186. The highest BCUT2D eigenvalue weighted by Gasteiger charge is 2.44. The molecule has 2 aliphatic rings. The van der Waals surface area contributed by atoms with Crippen molar-refractivity contribution < 1.29 is 41.0 Å². The summed E-state index contributed by atoms with van der Waals surface area (Å²) in [4.78, 5) is 26.2. The molecular weight excluding hydrogens is 420 g/mol. The fourth-order valence-corrected chi connectivity index (χ4v) is 3.91. The van der Waals surface area contributed by atoms with Gasteiger partial charge in [0.2, 0.25) is 0 Å². The molecule has 0 spiro atoms. The van der Waals surface area contributed by atoms with Crippen LogP contribution in [0.5, 0.6) is 0 Å². The Hall–Kier alpha value is -2.66. The molecule has 166 valence electrons. The molecule has 6 nitrogen and oxygen atoms in total. The van der Waals surface area contributed by atoms with E-state index in [2.05, 4.69) is 0 Å². The summed E-state index contributed by atoms with van der Waals surface area (Å²) >= 11 is 0. The van der Waals surface area contributed by atoms with Crippen molar-refractivity contribution in [2.75, 3.05) is 31.1 Å². The topological polar surface area (TPSA) is 64.1 Å². The lowest BCUT2D eigenvalue weighted by atomic mass is 9.93. The predicted molar refractivity (Wildman–Crippen MR) is 93.0 cm³/mol. The zero-order chi connectivity index (χ0) is 22.4. The highest BCUT2D eigenvalue weighted by Crippen LogP contribution is 2.39. The molecule has 0 radical (unpaired) electrons. The number of hydrogen-bond donors (Lipinski definition) is 1. The van der Waals surface area contributed by atoms with Crippen molar-refractivity contribution in [2.45, 2.75) is 38.3 Å². The second-order valence-corrected chi connectivity index (χ2v) is 7.38. The summed E-state index contributed by atoms with van der Waals surface area (Å²) < 4.78 is 78.7. The molecule has 30 heavy (non-hydrogen) atoms. The number of benzene rings is 1. The van der Waals surface area contributed by atoms with Gasteiger partial charge in [-0.15, -0.1) is 0 Å². The van der Waals surface area contributed by atoms with Gasteiger partial charge in [-0.3, -0.25) is 4.79 Å². The maximum Gasteiger partial charge on any atom is 0.471 e. The zero-order valence-electron chi connectivity index (χ0n) is 15.8. The Morgan fingerprint density at radius 2 is 1.73 bits per heavy atom. The average molecular weight is 439 g/mol. The van der Waals surface area contributed by atoms with Crippen molar-refractivity contribution >= 4 is 17.7 Å². The summed E-state index contributed by atoms with van der Waals surface area (Å²) in [5.74, 6) is -2.04. The maximum atomic E-state index is 13.4. The Labute approximate surface area is 167 Å². The summed E-state index contributed by atoms with van der Waals surface area (Å²) in [5, 5.41) is 9.19. The minimum Gasteiger partial charge on any atom is -0.465 e. The van der Waals surface area contributed by atoms with Gasteiger partial charge in [-0.25, -0.2) is 4.79 Å². The Balaban J connectivity index is 2.00. The lowest BCUT2D eigenvalue weighted by Crippen LogP contribution is -2.54. The van der Waals surface area contributed by atoms with Crippen LogP contribution in [0.4, 0.5) is 36.8 Å². The van der Waals surface area contributed by atoms with E-state index in [1.54, 1.807) is 11.8 Å². The van der Waals surface area contributed by atoms with Crippen LogP contribution in [-0.2, 0) is 23.9 Å². The van der Waals surface area contributed by atoms with E-state index in [-0.39, 0.29) is 49.4 Å². The number of hydrogen-bond acceptors (Lipinski definition) is 3. The van der Waals surface area contributed by atoms with Crippen molar-refractivity contribution in [1.29, 1.82) is 0 Å². The van der Waals surface area contributed by atoms with Gasteiger partial charge in [0.1, 0.15) is 0 Å². The first-order valence-corrected chi connectivity index (χ1v) is 9.12. The van der Waals surface area contributed by atoms with Gasteiger partial charge in [0.05, 0.1) is 5.56 Å². The number of nitrogens with zero attached hydrogens (tertiary/aromatic N) is 3. The van der Waals surface area contributed by atoms with E-state index in [4.69, 9.17) is 0 Å². The molecule has 1 atom stereocenters. The second kappa shape index (κ2) is 7.55. The van der Waals surface area contributed by atoms with E-state index < -0.39 is 42.5 Å². The van der Waals surface area contributed by atoms with Crippen LogP contribution in [0.2, 0.25) is 0 Å². The van der Waals surface area contributed by atoms with Crippen LogP contribution in [0, 0.1) is 0 Å². The van der Waals surface area contributed by atoms with Gasteiger partial charge in [-0.2, -0.15) is 26.3 Å². The molecule has 1 unspecified atom stereocenters. The van der Waals surface area contributed by atoms with Gasteiger partial charge < -0.3 is 19.8 Å². The number of halogens is 6. The first kappa shape index (κ1) is 22.0. The third-order valence-electron chi connectivity index (χ3n) is 5.39. The normalized spacial score (nSPS) is 20.2. The molecule has 2 aliphatic heterocycles. The Morgan fingerprint density at radius 1 is 1.07 bits per heavy atom. The molecule has 12 heteroatoms. The number of rotatable bonds is 1. The van der Waals surface area contributed by atoms with Crippen LogP contribution in [-0.4, -0.2) is 65.3 Å². The summed E-state index contributed by atoms with van der Waals surface area (Å²) in [6.45, 7) is 0.987. The first-order chi connectivity index (χ1) is 13.8. The molecule has 0 aromatic heterocycles.